The molecule has 7 heteroatoms. The van der Waals surface area contributed by atoms with Crippen molar-refractivity contribution in [3.63, 3.8) is 0 Å². The number of ether oxygens (including phenoxy) is 1. The van der Waals surface area contributed by atoms with Crippen molar-refractivity contribution < 1.29 is 18.3 Å². The highest BCUT2D eigenvalue weighted by Gasteiger charge is 2.19. The van der Waals surface area contributed by atoms with Gasteiger partial charge in [0, 0.05) is 12.1 Å². The molecule has 6 nitrogen and oxygen atoms in total. The third-order valence-corrected chi connectivity index (χ3v) is 3.80. The van der Waals surface area contributed by atoms with Crippen LogP contribution < -0.4 is 15.2 Å². The van der Waals surface area contributed by atoms with E-state index in [9.17, 15) is 8.42 Å². The standard InChI is InChI=1S/C10H16N2O4S/c1-7(6-13)12-17(14,15)10-4-3-8(16-2)5-9(10)11/h3-5,7,12-13H,6,11H2,1-2H3/t7-/m1/s1. The highest BCUT2D eigenvalue weighted by Crippen LogP contribution is 2.23. The second kappa shape index (κ2) is 5.35. The largest absolute Gasteiger partial charge is 0.497 e. The number of aliphatic hydroxyl groups excluding tert-OH is 1. The lowest BCUT2D eigenvalue weighted by Gasteiger charge is -2.13. The first-order valence-corrected chi connectivity index (χ1v) is 6.45. The van der Waals surface area contributed by atoms with Crippen LogP contribution >= 0.6 is 0 Å². The van der Waals surface area contributed by atoms with E-state index in [0.717, 1.165) is 0 Å². The van der Waals surface area contributed by atoms with Crippen LogP contribution in [0, 0.1) is 0 Å². The van der Waals surface area contributed by atoms with Crippen molar-refractivity contribution in [3.05, 3.63) is 18.2 Å². The van der Waals surface area contributed by atoms with E-state index in [0.29, 0.717) is 5.75 Å². The van der Waals surface area contributed by atoms with Gasteiger partial charge in [-0.25, -0.2) is 13.1 Å². The highest BCUT2D eigenvalue weighted by atomic mass is 32.2. The normalized spacial score (nSPS) is 13.4. The molecule has 1 aromatic carbocycles. The smallest absolute Gasteiger partial charge is 0.242 e. The maximum Gasteiger partial charge on any atom is 0.242 e. The minimum atomic E-state index is -3.72. The fraction of sp³-hybridized carbons (Fsp3) is 0.400. The van der Waals surface area contributed by atoms with Crippen LogP contribution in [-0.2, 0) is 10.0 Å². The number of hydrogen-bond acceptors (Lipinski definition) is 5. The Morgan fingerprint density at radius 1 is 1.53 bits per heavy atom. The van der Waals surface area contributed by atoms with Gasteiger partial charge in [0.05, 0.1) is 19.4 Å². The number of nitrogens with one attached hydrogen (secondary N) is 1. The Labute approximate surface area is 100 Å². The number of sulfonamides is 1. The van der Waals surface area contributed by atoms with Gasteiger partial charge < -0.3 is 15.6 Å². The molecule has 0 radical (unpaired) electrons. The molecule has 4 N–H and O–H groups in total. The quantitative estimate of drug-likeness (QED) is 0.644. The molecule has 17 heavy (non-hydrogen) atoms. The molecule has 1 aromatic rings. The average molecular weight is 260 g/mol. The molecular weight excluding hydrogens is 244 g/mol. The SMILES string of the molecule is COc1ccc(S(=O)(=O)N[C@H](C)CO)c(N)c1. The third-order valence-electron chi connectivity index (χ3n) is 2.14. The number of nitrogen functional groups attached to an aromatic ring is 1. The number of anilines is 1. The molecule has 96 valence electrons. The fourth-order valence-corrected chi connectivity index (χ4v) is 2.61. The zero-order valence-corrected chi connectivity index (χ0v) is 10.5. The van der Waals surface area contributed by atoms with Crippen molar-refractivity contribution in [2.24, 2.45) is 0 Å². The van der Waals surface area contributed by atoms with Crippen LogP contribution in [0.4, 0.5) is 5.69 Å². The van der Waals surface area contributed by atoms with Crippen LogP contribution in [0.3, 0.4) is 0 Å². The van der Waals surface area contributed by atoms with Gasteiger partial charge in [-0.3, -0.25) is 0 Å². The van der Waals surface area contributed by atoms with Crippen molar-refractivity contribution in [2.75, 3.05) is 19.5 Å². The summed E-state index contributed by atoms with van der Waals surface area (Å²) >= 11 is 0. The monoisotopic (exact) mass is 260 g/mol. The van der Waals surface area contributed by atoms with Crippen LogP contribution in [0.5, 0.6) is 5.75 Å². The summed E-state index contributed by atoms with van der Waals surface area (Å²) < 4.78 is 31.0. The molecule has 1 rings (SSSR count). The summed E-state index contributed by atoms with van der Waals surface area (Å²) in [5, 5.41) is 8.82. The molecule has 0 spiro atoms. The summed E-state index contributed by atoms with van der Waals surface area (Å²) in [6.07, 6.45) is 0. The van der Waals surface area contributed by atoms with Crippen LogP contribution in [0.25, 0.3) is 0 Å². The Bertz CT molecular complexity index is 487. The number of rotatable bonds is 5. The molecule has 0 aliphatic heterocycles. The third kappa shape index (κ3) is 3.32. The molecular formula is C10H16N2O4S. The number of nitrogens with two attached hydrogens (primary N) is 1. The van der Waals surface area contributed by atoms with Crippen molar-refractivity contribution in [1.29, 1.82) is 0 Å². The first kappa shape index (κ1) is 13.8. The van der Waals surface area contributed by atoms with Gasteiger partial charge in [-0.15, -0.1) is 0 Å². The lowest BCUT2D eigenvalue weighted by Crippen LogP contribution is -2.35. The molecule has 0 bridgehead atoms. The van der Waals surface area contributed by atoms with Crippen LogP contribution in [-0.4, -0.2) is 33.3 Å². The van der Waals surface area contributed by atoms with Gasteiger partial charge in [0.2, 0.25) is 10.0 Å². The summed E-state index contributed by atoms with van der Waals surface area (Å²) in [5.41, 5.74) is 5.74. The predicted molar refractivity (Wildman–Crippen MR) is 64.3 cm³/mol. The molecule has 0 aromatic heterocycles. The lowest BCUT2D eigenvalue weighted by atomic mass is 10.3. The van der Waals surface area contributed by atoms with Crippen molar-refractivity contribution >= 4 is 15.7 Å². The van der Waals surface area contributed by atoms with Gasteiger partial charge in [-0.1, -0.05) is 0 Å². The van der Waals surface area contributed by atoms with E-state index in [1.54, 1.807) is 6.92 Å². The molecule has 1 atom stereocenters. The minimum absolute atomic E-state index is 0.0291. The van der Waals surface area contributed by atoms with E-state index in [1.165, 1.54) is 25.3 Å². The molecule has 0 unspecified atom stereocenters. The van der Waals surface area contributed by atoms with E-state index in [2.05, 4.69) is 4.72 Å². The molecule has 0 fully saturated rings. The number of methoxy groups -OCH3 is 1. The van der Waals surface area contributed by atoms with E-state index in [1.807, 2.05) is 0 Å². The lowest BCUT2D eigenvalue weighted by molar-refractivity contribution is 0.265. The average Bonchev–Trinajstić information content (AvgIpc) is 2.27. The summed E-state index contributed by atoms with van der Waals surface area (Å²) in [6.45, 7) is 1.27. The zero-order valence-electron chi connectivity index (χ0n) is 9.67. The van der Waals surface area contributed by atoms with Gasteiger partial charge in [0.15, 0.2) is 0 Å². The number of benzene rings is 1. The summed E-state index contributed by atoms with van der Waals surface area (Å²) in [5.74, 6) is 0.483. The summed E-state index contributed by atoms with van der Waals surface area (Å²) in [4.78, 5) is -0.0291. The summed E-state index contributed by atoms with van der Waals surface area (Å²) in [6, 6.07) is 3.73. The molecule has 0 aliphatic carbocycles. The first-order chi connectivity index (χ1) is 7.90. The Balaban J connectivity index is 3.07. The van der Waals surface area contributed by atoms with Crippen LogP contribution in [0.1, 0.15) is 6.92 Å². The van der Waals surface area contributed by atoms with E-state index in [4.69, 9.17) is 15.6 Å². The molecule has 0 aliphatic rings. The summed E-state index contributed by atoms with van der Waals surface area (Å²) in [7, 11) is -2.25. The number of hydrogen-bond donors (Lipinski definition) is 3. The molecule has 0 amide bonds. The molecule has 0 saturated heterocycles. The Hall–Kier alpha value is -1.31. The van der Waals surface area contributed by atoms with Gasteiger partial charge >= 0.3 is 0 Å². The zero-order chi connectivity index (χ0) is 13.1. The maximum atomic E-state index is 11.9. The fourth-order valence-electron chi connectivity index (χ4n) is 1.26. The first-order valence-electron chi connectivity index (χ1n) is 4.97. The topological polar surface area (TPSA) is 102 Å². The molecule has 0 heterocycles. The Kier molecular flexibility index (Phi) is 4.33. The van der Waals surface area contributed by atoms with Crippen LogP contribution in [0.2, 0.25) is 0 Å². The van der Waals surface area contributed by atoms with Crippen molar-refractivity contribution in [1.82, 2.24) is 4.72 Å². The molecule has 0 saturated carbocycles. The Morgan fingerprint density at radius 2 is 2.18 bits per heavy atom. The maximum absolute atomic E-state index is 11.9. The predicted octanol–water partition coefficient (Wildman–Crippen LogP) is -0.0635. The van der Waals surface area contributed by atoms with Gasteiger partial charge in [0.1, 0.15) is 10.6 Å². The van der Waals surface area contributed by atoms with Crippen LogP contribution in [0.15, 0.2) is 23.1 Å². The van der Waals surface area contributed by atoms with E-state index < -0.39 is 16.1 Å². The highest BCUT2D eigenvalue weighted by molar-refractivity contribution is 7.89. The van der Waals surface area contributed by atoms with Gasteiger partial charge in [-0.05, 0) is 19.1 Å². The van der Waals surface area contributed by atoms with E-state index >= 15 is 0 Å². The van der Waals surface area contributed by atoms with E-state index in [-0.39, 0.29) is 17.2 Å². The number of aliphatic hydroxyl groups is 1. The minimum Gasteiger partial charge on any atom is -0.497 e. The van der Waals surface area contributed by atoms with Crippen molar-refractivity contribution in [3.8, 4) is 5.75 Å². The van der Waals surface area contributed by atoms with Crippen molar-refractivity contribution in [2.45, 2.75) is 17.9 Å². The van der Waals surface area contributed by atoms with Gasteiger partial charge in [0.25, 0.3) is 0 Å². The second-order valence-electron chi connectivity index (χ2n) is 3.61. The van der Waals surface area contributed by atoms with Gasteiger partial charge in [-0.2, -0.15) is 0 Å². The Morgan fingerprint density at radius 3 is 2.65 bits per heavy atom. The second-order valence-corrected chi connectivity index (χ2v) is 5.29.